The van der Waals surface area contributed by atoms with E-state index in [1.807, 2.05) is 0 Å². The van der Waals surface area contributed by atoms with E-state index in [4.69, 9.17) is 11.6 Å². The van der Waals surface area contributed by atoms with Crippen LogP contribution < -0.4 is 0 Å². The highest BCUT2D eigenvalue weighted by Gasteiger charge is 2.10. The maximum absolute atomic E-state index is 13.0. The van der Waals surface area contributed by atoms with Crippen molar-refractivity contribution in [1.29, 1.82) is 0 Å². The van der Waals surface area contributed by atoms with Gasteiger partial charge >= 0.3 is 0 Å². The van der Waals surface area contributed by atoms with Gasteiger partial charge in [-0.05, 0) is 12.1 Å². The Morgan fingerprint density at radius 2 is 1.86 bits per heavy atom. The Balaban J connectivity index is 2.57. The first-order chi connectivity index (χ1) is 6.68. The molecule has 0 aliphatic carbocycles. The molecule has 0 bridgehead atoms. The van der Waals surface area contributed by atoms with Crippen molar-refractivity contribution in [3.05, 3.63) is 35.0 Å². The number of rotatable bonds is 1. The van der Waals surface area contributed by atoms with Crippen molar-refractivity contribution in [2.24, 2.45) is 0 Å². The van der Waals surface area contributed by atoms with Crippen LogP contribution in [0.3, 0.4) is 0 Å². The summed E-state index contributed by atoms with van der Waals surface area (Å²) in [5.74, 6) is -1.63. The van der Waals surface area contributed by atoms with E-state index in [0.717, 1.165) is 12.1 Å². The molecule has 0 saturated carbocycles. The fraction of sp³-hybridized carbons (Fsp3) is 0. The highest BCUT2D eigenvalue weighted by atomic mass is 35.5. The maximum atomic E-state index is 13.0. The van der Waals surface area contributed by atoms with Gasteiger partial charge in [-0.15, -0.1) is 5.10 Å². The van der Waals surface area contributed by atoms with E-state index in [2.05, 4.69) is 15.4 Å². The highest BCUT2D eigenvalue weighted by Crippen LogP contribution is 2.25. The zero-order valence-corrected chi connectivity index (χ0v) is 7.52. The quantitative estimate of drug-likeness (QED) is 0.743. The Labute approximate surface area is 82.7 Å². The van der Waals surface area contributed by atoms with E-state index in [9.17, 15) is 8.78 Å². The van der Waals surface area contributed by atoms with Crippen molar-refractivity contribution in [2.45, 2.75) is 0 Å². The second-order valence-corrected chi connectivity index (χ2v) is 2.99. The van der Waals surface area contributed by atoms with Crippen LogP contribution in [0.25, 0.3) is 11.3 Å². The summed E-state index contributed by atoms with van der Waals surface area (Å²) in [5.41, 5.74) is 0.651. The number of aromatic amines is 1. The van der Waals surface area contributed by atoms with Crippen LogP contribution in [0, 0.1) is 11.6 Å². The Bertz CT molecular complexity index is 433. The van der Waals surface area contributed by atoms with Crippen molar-refractivity contribution in [3.63, 3.8) is 0 Å². The van der Waals surface area contributed by atoms with Gasteiger partial charge in [0.2, 0.25) is 0 Å². The fourth-order valence-corrected chi connectivity index (χ4v) is 1.16. The van der Waals surface area contributed by atoms with Crippen molar-refractivity contribution >= 4 is 11.6 Å². The molecule has 0 aliphatic heterocycles. The van der Waals surface area contributed by atoms with Gasteiger partial charge < -0.3 is 0 Å². The lowest BCUT2D eigenvalue weighted by atomic mass is 10.1. The van der Waals surface area contributed by atoms with Gasteiger partial charge in [0, 0.05) is 11.8 Å². The van der Waals surface area contributed by atoms with Crippen molar-refractivity contribution < 1.29 is 8.78 Å². The number of halogens is 3. The Hall–Kier alpha value is -1.49. The molecule has 14 heavy (non-hydrogen) atoms. The molecule has 0 amide bonds. The summed E-state index contributed by atoms with van der Waals surface area (Å²) in [6, 6.07) is 2.20. The Morgan fingerprint density at radius 1 is 1.21 bits per heavy atom. The lowest BCUT2D eigenvalue weighted by Gasteiger charge is -1.99. The van der Waals surface area contributed by atoms with E-state index in [1.54, 1.807) is 0 Å². The lowest BCUT2D eigenvalue weighted by molar-refractivity contribution is 0.585. The molecule has 0 aliphatic rings. The van der Waals surface area contributed by atoms with Crippen LogP contribution in [0.1, 0.15) is 0 Å². The predicted octanol–water partition coefficient (Wildman–Crippen LogP) is 2.40. The molecule has 2 rings (SSSR count). The number of benzene rings is 1. The van der Waals surface area contributed by atoms with Crippen LogP contribution in [0.5, 0.6) is 0 Å². The maximum Gasteiger partial charge on any atom is 0.145 e. The molecule has 72 valence electrons. The van der Waals surface area contributed by atoms with Crippen LogP contribution in [-0.2, 0) is 0 Å². The molecule has 6 heteroatoms. The van der Waals surface area contributed by atoms with Gasteiger partial charge in [0.05, 0.1) is 0 Å². The normalized spacial score (nSPS) is 10.5. The van der Waals surface area contributed by atoms with E-state index in [-0.39, 0.29) is 5.56 Å². The molecule has 2 aromatic rings. The van der Waals surface area contributed by atoms with Crippen LogP contribution in [0.2, 0.25) is 5.02 Å². The molecular weight excluding hydrogens is 212 g/mol. The van der Waals surface area contributed by atoms with Crippen LogP contribution in [0.4, 0.5) is 8.78 Å². The van der Waals surface area contributed by atoms with E-state index >= 15 is 0 Å². The average Bonchev–Trinajstić information content (AvgIpc) is 2.66. The molecule has 1 aromatic carbocycles. The van der Waals surface area contributed by atoms with E-state index < -0.39 is 16.7 Å². The second kappa shape index (κ2) is 3.34. The van der Waals surface area contributed by atoms with E-state index in [1.165, 1.54) is 6.20 Å². The topological polar surface area (TPSA) is 41.6 Å². The third kappa shape index (κ3) is 1.46. The lowest BCUT2D eigenvalue weighted by Crippen LogP contribution is -1.87. The number of hydrogen-bond acceptors (Lipinski definition) is 2. The third-order valence-corrected chi connectivity index (χ3v) is 2.06. The number of hydrogen-bond donors (Lipinski definition) is 1. The third-order valence-electron chi connectivity index (χ3n) is 1.70. The first kappa shape index (κ1) is 9.08. The Morgan fingerprint density at radius 3 is 2.36 bits per heavy atom. The van der Waals surface area contributed by atoms with Gasteiger partial charge in [-0.1, -0.05) is 16.8 Å². The monoisotopic (exact) mass is 215 g/mol. The van der Waals surface area contributed by atoms with Gasteiger partial charge in [-0.2, -0.15) is 0 Å². The summed E-state index contributed by atoms with van der Waals surface area (Å²) in [5, 5.41) is 8.97. The second-order valence-electron chi connectivity index (χ2n) is 2.61. The zero-order chi connectivity index (χ0) is 10.1. The first-order valence-corrected chi connectivity index (χ1v) is 4.07. The standard InChI is InChI=1S/C8H4ClF2N3/c9-8-5(10)1-4(2-6(8)11)7-3-12-14-13-7/h1-3H,(H,12,13,14). The molecule has 0 unspecified atom stereocenters. The minimum atomic E-state index is -0.815. The summed E-state index contributed by atoms with van der Waals surface area (Å²) in [4.78, 5) is 0. The minimum absolute atomic E-state index is 0.290. The molecule has 0 atom stereocenters. The molecule has 0 spiro atoms. The van der Waals surface area contributed by atoms with Gasteiger partial charge in [0.25, 0.3) is 0 Å². The van der Waals surface area contributed by atoms with Crippen LogP contribution >= 0.6 is 11.6 Å². The fourth-order valence-electron chi connectivity index (χ4n) is 1.05. The summed E-state index contributed by atoms with van der Waals surface area (Å²) >= 11 is 5.32. The van der Waals surface area contributed by atoms with Gasteiger partial charge in [-0.25, -0.2) is 8.78 Å². The SMILES string of the molecule is Fc1cc(-c2c[nH]nn2)cc(F)c1Cl. The molecule has 1 heterocycles. The summed E-state index contributed by atoms with van der Waals surface area (Å²) in [6.07, 6.45) is 1.43. The van der Waals surface area contributed by atoms with Crippen molar-refractivity contribution in [3.8, 4) is 11.3 Å². The summed E-state index contributed by atoms with van der Waals surface area (Å²) in [6.45, 7) is 0. The largest absolute Gasteiger partial charge is 0.265 e. The predicted molar refractivity (Wildman–Crippen MR) is 46.7 cm³/mol. The van der Waals surface area contributed by atoms with E-state index in [0.29, 0.717) is 5.69 Å². The summed E-state index contributed by atoms with van der Waals surface area (Å²) in [7, 11) is 0. The molecule has 0 fully saturated rings. The number of nitrogens with zero attached hydrogens (tertiary/aromatic N) is 2. The highest BCUT2D eigenvalue weighted by molar-refractivity contribution is 6.30. The van der Waals surface area contributed by atoms with Crippen molar-refractivity contribution in [2.75, 3.05) is 0 Å². The molecule has 1 aromatic heterocycles. The van der Waals surface area contributed by atoms with Gasteiger partial charge in [0.15, 0.2) is 0 Å². The van der Waals surface area contributed by atoms with Crippen LogP contribution in [-0.4, -0.2) is 15.4 Å². The summed E-state index contributed by atoms with van der Waals surface area (Å²) < 4.78 is 26.0. The zero-order valence-electron chi connectivity index (χ0n) is 6.76. The van der Waals surface area contributed by atoms with Crippen LogP contribution in [0.15, 0.2) is 18.3 Å². The smallest absolute Gasteiger partial charge is 0.145 e. The molecular formula is C8H4ClF2N3. The first-order valence-electron chi connectivity index (χ1n) is 3.70. The number of H-pyrrole nitrogens is 1. The van der Waals surface area contributed by atoms with Gasteiger partial charge in [0.1, 0.15) is 22.4 Å². The minimum Gasteiger partial charge on any atom is -0.265 e. The number of aromatic nitrogens is 3. The van der Waals surface area contributed by atoms with Gasteiger partial charge in [-0.3, -0.25) is 5.10 Å². The number of nitrogens with one attached hydrogen (secondary N) is 1. The molecule has 0 saturated heterocycles. The molecule has 3 nitrogen and oxygen atoms in total. The molecule has 1 N–H and O–H groups in total. The van der Waals surface area contributed by atoms with Crippen molar-refractivity contribution in [1.82, 2.24) is 15.4 Å². The average molecular weight is 216 g/mol. The Kier molecular flexibility index (Phi) is 2.17. The molecule has 0 radical (unpaired) electrons.